The molecule has 0 amide bonds. The number of nitrogens with one attached hydrogen (secondary N) is 1. The number of sulfonamides is 1. The van der Waals surface area contributed by atoms with Crippen LogP contribution in [-0.2, 0) is 23.2 Å². The molecule has 2 rings (SSSR count). The number of thiophene rings is 1. The van der Waals surface area contributed by atoms with Gasteiger partial charge in [0, 0.05) is 11.1 Å². The normalized spacial score (nSPS) is 11.6. The van der Waals surface area contributed by atoms with E-state index in [9.17, 15) is 8.42 Å². The molecule has 0 saturated carbocycles. The van der Waals surface area contributed by atoms with E-state index in [1.807, 2.05) is 0 Å². The first-order valence-electron chi connectivity index (χ1n) is 5.21. The van der Waals surface area contributed by atoms with E-state index in [-0.39, 0.29) is 17.4 Å². The van der Waals surface area contributed by atoms with E-state index in [0.29, 0.717) is 10.6 Å². The second-order valence-corrected chi connectivity index (χ2v) is 6.69. The van der Waals surface area contributed by atoms with E-state index in [0.717, 1.165) is 11.3 Å². The second-order valence-electron chi connectivity index (χ2n) is 3.52. The van der Waals surface area contributed by atoms with Gasteiger partial charge in [0.2, 0.25) is 10.0 Å². The van der Waals surface area contributed by atoms with Gasteiger partial charge in [-0.2, -0.15) is 0 Å². The summed E-state index contributed by atoms with van der Waals surface area (Å²) in [5.74, 6) is 0. The summed E-state index contributed by atoms with van der Waals surface area (Å²) in [6.45, 7) is -0.00401. The van der Waals surface area contributed by atoms with E-state index in [1.54, 1.807) is 30.5 Å². The van der Waals surface area contributed by atoms with Crippen molar-refractivity contribution in [1.29, 1.82) is 0 Å². The maximum absolute atomic E-state index is 11.9. The van der Waals surface area contributed by atoms with Crippen molar-refractivity contribution in [2.24, 2.45) is 0 Å². The molecule has 18 heavy (non-hydrogen) atoms. The minimum absolute atomic E-state index is 0.148. The van der Waals surface area contributed by atoms with Crippen LogP contribution in [0.15, 0.2) is 40.7 Å². The average Bonchev–Trinajstić information content (AvgIpc) is 2.87. The third-order valence-electron chi connectivity index (χ3n) is 2.23. The molecule has 0 aromatic carbocycles. The van der Waals surface area contributed by atoms with Crippen molar-refractivity contribution in [2.45, 2.75) is 17.4 Å². The van der Waals surface area contributed by atoms with Crippen molar-refractivity contribution >= 4 is 21.4 Å². The Morgan fingerprint density at radius 3 is 2.72 bits per heavy atom. The maximum atomic E-state index is 11.9. The van der Waals surface area contributed by atoms with Crippen LogP contribution in [0.5, 0.6) is 0 Å². The fourth-order valence-corrected chi connectivity index (χ4v) is 3.59. The summed E-state index contributed by atoms with van der Waals surface area (Å²) < 4.78 is 26.5. The minimum Gasteiger partial charge on any atom is -0.391 e. The van der Waals surface area contributed by atoms with Gasteiger partial charge in [-0.3, -0.25) is 4.98 Å². The van der Waals surface area contributed by atoms with Crippen molar-refractivity contribution < 1.29 is 13.5 Å². The molecule has 0 aliphatic rings. The molecule has 0 radical (unpaired) electrons. The Bertz CT molecular complexity index is 608. The van der Waals surface area contributed by atoms with Crippen molar-refractivity contribution in [3.05, 3.63) is 47.1 Å². The zero-order valence-electron chi connectivity index (χ0n) is 9.41. The number of aliphatic hydroxyl groups excluding tert-OH is 1. The molecule has 0 aliphatic heterocycles. The van der Waals surface area contributed by atoms with Crippen molar-refractivity contribution in [1.82, 2.24) is 9.71 Å². The molecule has 0 unspecified atom stereocenters. The molecular formula is C11H12N2O3S2. The smallest absolute Gasteiger partial charge is 0.250 e. The highest BCUT2D eigenvalue weighted by Crippen LogP contribution is 2.21. The average molecular weight is 284 g/mol. The van der Waals surface area contributed by atoms with Crippen LogP contribution in [0, 0.1) is 0 Å². The molecule has 2 aromatic heterocycles. The predicted octanol–water partition coefficient (Wildman–Crippen LogP) is 1.11. The van der Waals surface area contributed by atoms with Crippen LogP contribution in [0.1, 0.15) is 10.6 Å². The lowest BCUT2D eigenvalue weighted by molar-refractivity contribution is 0.285. The van der Waals surface area contributed by atoms with Crippen molar-refractivity contribution in [2.75, 3.05) is 0 Å². The molecule has 2 heterocycles. The van der Waals surface area contributed by atoms with Crippen LogP contribution in [0.2, 0.25) is 0 Å². The maximum Gasteiger partial charge on any atom is 0.250 e. The fourth-order valence-electron chi connectivity index (χ4n) is 1.33. The van der Waals surface area contributed by atoms with Gasteiger partial charge < -0.3 is 5.11 Å². The summed E-state index contributed by atoms with van der Waals surface area (Å²) in [5.41, 5.74) is 0.653. The lowest BCUT2D eigenvalue weighted by atomic mass is 10.4. The first kappa shape index (κ1) is 13.2. The predicted molar refractivity (Wildman–Crippen MR) is 68.5 cm³/mol. The molecule has 0 aliphatic carbocycles. The van der Waals surface area contributed by atoms with Gasteiger partial charge in [0.15, 0.2) is 0 Å². The van der Waals surface area contributed by atoms with Gasteiger partial charge >= 0.3 is 0 Å². The zero-order valence-corrected chi connectivity index (χ0v) is 11.0. The molecule has 0 spiro atoms. The summed E-state index contributed by atoms with van der Waals surface area (Å²) in [5, 5.41) is 8.91. The van der Waals surface area contributed by atoms with Crippen molar-refractivity contribution in [3.8, 4) is 0 Å². The minimum atomic E-state index is -3.53. The molecule has 7 heteroatoms. The Hall–Kier alpha value is -1.28. The van der Waals surface area contributed by atoms with E-state index in [4.69, 9.17) is 5.11 Å². The molecule has 96 valence electrons. The summed E-state index contributed by atoms with van der Waals surface area (Å²) in [6.07, 6.45) is 1.61. The van der Waals surface area contributed by atoms with E-state index >= 15 is 0 Å². The monoisotopic (exact) mass is 284 g/mol. The number of aromatic nitrogens is 1. The van der Waals surface area contributed by atoms with Crippen LogP contribution in [0.25, 0.3) is 0 Å². The van der Waals surface area contributed by atoms with Gasteiger partial charge in [-0.25, -0.2) is 13.1 Å². The van der Waals surface area contributed by atoms with Gasteiger partial charge in [0.25, 0.3) is 0 Å². The van der Waals surface area contributed by atoms with E-state index in [1.165, 1.54) is 6.07 Å². The molecule has 0 fully saturated rings. The molecule has 2 aromatic rings. The first-order valence-corrected chi connectivity index (χ1v) is 7.51. The largest absolute Gasteiger partial charge is 0.391 e. The number of hydrogen-bond donors (Lipinski definition) is 2. The van der Waals surface area contributed by atoms with Crippen LogP contribution in [0.3, 0.4) is 0 Å². The zero-order chi connectivity index (χ0) is 13.0. The lowest BCUT2D eigenvalue weighted by Crippen LogP contribution is -2.22. The summed E-state index contributed by atoms with van der Waals surface area (Å²) >= 11 is 1.05. The second kappa shape index (κ2) is 5.57. The van der Waals surface area contributed by atoms with Gasteiger partial charge in [-0.05, 0) is 24.3 Å². The third-order valence-corrected chi connectivity index (χ3v) is 5.19. The van der Waals surface area contributed by atoms with Crippen LogP contribution < -0.4 is 4.72 Å². The number of pyridine rings is 1. The highest BCUT2D eigenvalue weighted by atomic mass is 32.2. The lowest BCUT2D eigenvalue weighted by Gasteiger charge is -2.03. The van der Waals surface area contributed by atoms with Gasteiger partial charge in [0.1, 0.15) is 4.21 Å². The van der Waals surface area contributed by atoms with Gasteiger partial charge in [0.05, 0.1) is 18.8 Å². The highest BCUT2D eigenvalue weighted by molar-refractivity contribution is 7.91. The molecule has 0 bridgehead atoms. The quantitative estimate of drug-likeness (QED) is 0.862. The molecule has 0 atom stereocenters. The molecule has 2 N–H and O–H groups in total. The van der Waals surface area contributed by atoms with E-state index in [2.05, 4.69) is 9.71 Å². The molecule has 5 nitrogen and oxygen atoms in total. The first-order chi connectivity index (χ1) is 8.62. The Labute approximate surface area is 109 Å². The number of aliphatic hydroxyl groups is 1. The standard InChI is InChI=1S/C11H12N2O3S2/c14-8-10-4-5-11(17-10)18(15,16)13-7-9-3-1-2-6-12-9/h1-6,13-14H,7-8H2. The topological polar surface area (TPSA) is 79.3 Å². The molecule has 0 saturated heterocycles. The Morgan fingerprint density at radius 1 is 1.28 bits per heavy atom. The number of hydrogen-bond acceptors (Lipinski definition) is 5. The van der Waals surface area contributed by atoms with Crippen LogP contribution in [-0.4, -0.2) is 18.5 Å². The summed E-state index contributed by atoms with van der Waals surface area (Å²) in [6, 6.07) is 8.39. The summed E-state index contributed by atoms with van der Waals surface area (Å²) in [7, 11) is -3.53. The van der Waals surface area contributed by atoms with Gasteiger partial charge in [-0.1, -0.05) is 6.07 Å². The van der Waals surface area contributed by atoms with Crippen LogP contribution in [0.4, 0.5) is 0 Å². The third kappa shape index (κ3) is 3.14. The Kier molecular flexibility index (Phi) is 4.07. The Morgan fingerprint density at radius 2 is 2.11 bits per heavy atom. The fraction of sp³-hybridized carbons (Fsp3) is 0.182. The number of nitrogens with zero attached hydrogens (tertiary/aromatic N) is 1. The van der Waals surface area contributed by atoms with Gasteiger partial charge in [-0.15, -0.1) is 11.3 Å². The summed E-state index contributed by atoms with van der Waals surface area (Å²) in [4.78, 5) is 4.65. The molecular weight excluding hydrogens is 272 g/mol. The van der Waals surface area contributed by atoms with Crippen molar-refractivity contribution in [3.63, 3.8) is 0 Å². The van der Waals surface area contributed by atoms with Crippen LogP contribution >= 0.6 is 11.3 Å². The SMILES string of the molecule is O=S(=O)(NCc1ccccn1)c1ccc(CO)s1. The van der Waals surface area contributed by atoms with E-state index < -0.39 is 10.0 Å². The number of rotatable bonds is 5. The Balaban J connectivity index is 2.08. The highest BCUT2D eigenvalue weighted by Gasteiger charge is 2.16.